The molecule has 2 N–H and O–H groups in total. The van der Waals surface area contributed by atoms with Crippen LogP contribution in [0, 0.1) is 0 Å². The molecule has 1 unspecified atom stereocenters. The summed E-state index contributed by atoms with van der Waals surface area (Å²) < 4.78 is 26.5. The highest BCUT2D eigenvalue weighted by Crippen LogP contribution is 2.23. The highest BCUT2D eigenvalue weighted by Gasteiger charge is 2.19. The average molecular weight is 389 g/mol. The molecular weight excluding hydrogens is 360 g/mol. The van der Waals surface area contributed by atoms with Crippen LogP contribution in [0.15, 0.2) is 53.4 Å². The molecule has 0 radical (unpaired) electrons. The monoisotopic (exact) mass is 388 g/mol. The maximum absolute atomic E-state index is 12.1. The van der Waals surface area contributed by atoms with Gasteiger partial charge in [0.25, 0.3) is 0 Å². The Labute approximate surface area is 162 Å². The Morgan fingerprint density at radius 2 is 1.70 bits per heavy atom. The predicted octanol–water partition coefficient (Wildman–Crippen LogP) is 2.65. The zero-order valence-electron chi connectivity index (χ0n) is 15.8. The van der Waals surface area contributed by atoms with E-state index in [1.165, 1.54) is 24.9 Å². The van der Waals surface area contributed by atoms with Crippen LogP contribution in [0.2, 0.25) is 0 Å². The van der Waals surface area contributed by atoms with Crippen LogP contribution in [0.4, 0.5) is 0 Å². The number of hydrogen-bond acceptors (Lipinski definition) is 4. The molecule has 1 heterocycles. The minimum atomic E-state index is -3.56. The molecule has 0 aromatic heterocycles. The second-order valence-corrected chi connectivity index (χ2v) is 8.89. The van der Waals surface area contributed by atoms with Gasteiger partial charge in [0.05, 0.1) is 11.5 Å². The Morgan fingerprint density at radius 3 is 2.26 bits per heavy atom. The van der Waals surface area contributed by atoms with Crippen molar-refractivity contribution in [2.24, 2.45) is 0 Å². The number of rotatable bonds is 8. The summed E-state index contributed by atoms with van der Waals surface area (Å²) in [5, 5.41) is 8.77. The van der Waals surface area contributed by atoms with Crippen LogP contribution in [-0.4, -0.2) is 50.7 Å². The highest BCUT2D eigenvalue weighted by molar-refractivity contribution is 7.89. The van der Waals surface area contributed by atoms with Crippen LogP contribution in [0.25, 0.3) is 11.1 Å². The van der Waals surface area contributed by atoms with Gasteiger partial charge in [0.2, 0.25) is 10.0 Å². The van der Waals surface area contributed by atoms with Gasteiger partial charge < -0.3 is 10.0 Å². The number of benzene rings is 2. The number of likely N-dealkylation sites (tertiary alicyclic amines) is 1. The van der Waals surface area contributed by atoms with Crippen LogP contribution in [0.1, 0.15) is 25.3 Å². The third-order valence-electron chi connectivity index (χ3n) is 5.23. The molecule has 146 valence electrons. The normalized spacial score (nSPS) is 18.1. The summed E-state index contributed by atoms with van der Waals surface area (Å²) in [6, 6.07) is 16.0. The van der Waals surface area contributed by atoms with E-state index in [1.54, 1.807) is 12.1 Å². The number of nitrogens with one attached hydrogen (secondary N) is 1. The quantitative estimate of drug-likeness (QED) is 0.729. The van der Waals surface area contributed by atoms with E-state index >= 15 is 0 Å². The van der Waals surface area contributed by atoms with Crippen molar-refractivity contribution in [2.45, 2.75) is 37.1 Å². The van der Waals surface area contributed by atoms with Crippen molar-refractivity contribution < 1.29 is 13.5 Å². The maximum atomic E-state index is 12.1. The third kappa shape index (κ3) is 5.17. The van der Waals surface area contributed by atoms with Gasteiger partial charge in [-0.05, 0) is 61.6 Å². The third-order valence-corrected chi connectivity index (χ3v) is 6.71. The number of nitrogens with zero attached hydrogens (tertiary/aromatic N) is 1. The van der Waals surface area contributed by atoms with E-state index in [9.17, 15) is 8.42 Å². The molecule has 0 aliphatic carbocycles. The molecule has 27 heavy (non-hydrogen) atoms. The number of aliphatic hydroxyl groups excluding tert-OH is 1. The zero-order valence-corrected chi connectivity index (χ0v) is 16.6. The molecule has 2 aromatic rings. The first-order chi connectivity index (χ1) is 13.0. The Kier molecular flexibility index (Phi) is 6.65. The van der Waals surface area contributed by atoms with E-state index in [2.05, 4.69) is 40.8 Å². The van der Waals surface area contributed by atoms with E-state index in [-0.39, 0.29) is 18.0 Å². The van der Waals surface area contributed by atoms with Gasteiger partial charge in [-0.1, -0.05) is 36.4 Å². The summed E-state index contributed by atoms with van der Waals surface area (Å²) in [4.78, 5) is 2.76. The van der Waals surface area contributed by atoms with Crippen molar-refractivity contribution in [1.82, 2.24) is 9.62 Å². The van der Waals surface area contributed by atoms with Gasteiger partial charge in [-0.25, -0.2) is 13.1 Å². The molecule has 2 aromatic carbocycles. The largest absolute Gasteiger partial charge is 0.395 e. The first-order valence-corrected chi connectivity index (χ1v) is 11.0. The van der Waals surface area contributed by atoms with Gasteiger partial charge in [0.15, 0.2) is 0 Å². The van der Waals surface area contributed by atoms with E-state index in [0.717, 1.165) is 24.1 Å². The molecule has 0 spiro atoms. The fourth-order valence-corrected chi connectivity index (χ4v) is 4.57. The van der Waals surface area contributed by atoms with Gasteiger partial charge >= 0.3 is 0 Å². The van der Waals surface area contributed by atoms with Crippen molar-refractivity contribution in [3.8, 4) is 11.1 Å². The van der Waals surface area contributed by atoms with Gasteiger partial charge in [-0.2, -0.15) is 0 Å². The molecule has 1 fully saturated rings. The number of hydrogen-bond donors (Lipinski definition) is 2. The summed E-state index contributed by atoms with van der Waals surface area (Å²) in [7, 11) is -3.56. The molecular formula is C21H28N2O3S. The van der Waals surface area contributed by atoms with Crippen LogP contribution < -0.4 is 4.72 Å². The van der Waals surface area contributed by atoms with E-state index in [0.29, 0.717) is 6.04 Å². The van der Waals surface area contributed by atoms with Gasteiger partial charge in [0, 0.05) is 19.1 Å². The smallest absolute Gasteiger partial charge is 0.240 e. The summed E-state index contributed by atoms with van der Waals surface area (Å²) in [6.07, 6.45) is 3.67. The van der Waals surface area contributed by atoms with Gasteiger partial charge in [-0.15, -0.1) is 0 Å². The molecule has 1 aliphatic rings. The van der Waals surface area contributed by atoms with E-state index in [1.807, 2.05) is 12.1 Å². The van der Waals surface area contributed by atoms with Crippen LogP contribution >= 0.6 is 0 Å². The lowest BCUT2D eigenvalue weighted by atomic mass is 10.0. The maximum Gasteiger partial charge on any atom is 0.240 e. The van der Waals surface area contributed by atoms with Crippen LogP contribution in [-0.2, 0) is 16.4 Å². The SMILES string of the molecule is CC1CCCN1CCc1ccc(-c2ccc(S(=O)(=O)NCCO)cc2)cc1. The number of sulfonamides is 1. The fourth-order valence-electron chi connectivity index (χ4n) is 3.55. The summed E-state index contributed by atoms with van der Waals surface area (Å²) in [6.45, 7) is 4.41. The van der Waals surface area contributed by atoms with Gasteiger partial charge in [0.1, 0.15) is 0 Å². The first kappa shape index (κ1) is 20.0. The molecule has 3 rings (SSSR count). The highest BCUT2D eigenvalue weighted by atomic mass is 32.2. The van der Waals surface area contributed by atoms with Gasteiger partial charge in [-0.3, -0.25) is 0 Å². The lowest BCUT2D eigenvalue weighted by Crippen LogP contribution is -2.28. The molecule has 1 atom stereocenters. The fraction of sp³-hybridized carbons (Fsp3) is 0.429. The Morgan fingerprint density at radius 1 is 1.07 bits per heavy atom. The van der Waals surface area contributed by atoms with Crippen molar-refractivity contribution in [1.29, 1.82) is 0 Å². The summed E-state index contributed by atoms with van der Waals surface area (Å²) in [5.41, 5.74) is 3.38. The Bertz CT molecular complexity index is 833. The van der Waals surface area contributed by atoms with Crippen LogP contribution in [0.3, 0.4) is 0 Å². The second kappa shape index (κ2) is 8.97. The van der Waals surface area contributed by atoms with Crippen molar-refractivity contribution in [2.75, 3.05) is 26.2 Å². The number of aliphatic hydroxyl groups is 1. The average Bonchev–Trinajstić information content (AvgIpc) is 3.10. The Hall–Kier alpha value is -1.73. The molecule has 0 bridgehead atoms. The standard InChI is InChI=1S/C21H28N2O3S/c1-17-3-2-14-23(17)15-12-18-4-6-19(7-5-18)20-8-10-21(11-9-20)27(25,26)22-13-16-24/h4-11,17,22,24H,2-3,12-16H2,1H3. The Balaban J connectivity index is 1.63. The van der Waals surface area contributed by atoms with E-state index in [4.69, 9.17) is 5.11 Å². The van der Waals surface area contributed by atoms with Crippen LogP contribution in [0.5, 0.6) is 0 Å². The minimum absolute atomic E-state index is 0.0156. The first-order valence-electron chi connectivity index (χ1n) is 9.53. The minimum Gasteiger partial charge on any atom is -0.395 e. The molecule has 1 saturated heterocycles. The predicted molar refractivity (Wildman–Crippen MR) is 108 cm³/mol. The van der Waals surface area contributed by atoms with Crippen molar-refractivity contribution in [3.63, 3.8) is 0 Å². The zero-order chi connectivity index (χ0) is 19.3. The van der Waals surface area contributed by atoms with Crippen molar-refractivity contribution >= 4 is 10.0 Å². The lowest BCUT2D eigenvalue weighted by Gasteiger charge is -2.20. The van der Waals surface area contributed by atoms with Crippen molar-refractivity contribution in [3.05, 3.63) is 54.1 Å². The summed E-state index contributed by atoms with van der Waals surface area (Å²) >= 11 is 0. The topological polar surface area (TPSA) is 69.6 Å². The van der Waals surface area contributed by atoms with E-state index < -0.39 is 10.0 Å². The second-order valence-electron chi connectivity index (χ2n) is 7.12. The molecule has 0 amide bonds. The molecule has 5 nitrogen and oxygen atoms in total. The molecule has 6 heteroatoms. The summed E-state index contributed by atoms with van der Waals surface area (Å²) in [5.74, 6) is 0. The lowest BCUT2D eigenvalue weighted by molar-refractivity contribution is 0.272. The molecule has 0 saturated carbocycles. The molecule has 1 aliphatic heterocycles.